The second kappa shape index (κ2) is 9.78. The van der Waals surface area contributed by atoms with Crippen LogP contribution >= 0.6 is 0 Å². The zero-order valence-electron chi connectivity index (χ0n) is 18.1. The molecule has 32 heavy (non-hydrogen) atoms. The third kappa shape index (κ3) is 4.72. The van der Waals surface area contributed by atoms with E-state index >= 15 is 0 Å². The van der Waals surface area contributed by atoms with Crippen LogP contribution in [0, 0.1) is 5.92 Å². The van der Waals surface area contributed by atoms with E-state index in [1.165, 1.54) is 12.4 Å². The molecule has 0 aliphatic carbocycles. The molecule has 9 nitrogen and oxygen atoms in total. The summed E-state index contributed by atoms with van der Waals surface area (Å²) in [7, 11) is 1.71. The molecule has 0 radical (unpaired) electrons. The molecule has 3 aromatic rings. The summed E-state index contributed by atoms with van der Waals surface area (Å²) in [4.78, 5) is 27.5. The Morgan fingerprint density at radius 3 is 2.97 bits per heavy atom. The number of ether oxygens (including phenoxy) is 1. The van der Waals surface area contributed by atoms with Crippen molar-refractivity contribution in [2.45, 2.75) is 25.4 Å². The number of nitrogens with zero attached hydrogens (tertiary/aromatic N) is 4. The molecule has 1 amide bonds. The zero-order chi connectivity index (χ0) is 22.5. The van der Waals surface area contributed by atoms with E-state index in [1.807, 2.05) is 12.1 Å². The highest BCUT2D eigenvalue weighted by atomic mass is 16.5. The molecule has 1 unspecified atom stereocenters. The van der Waals surface area contributed by atoms with E-state index in [4.69, 9.17) is 15.5 Å². The van der Waals surface area contributed by atoms with Gasteiger partial charge in [-0.05, 0) is 43.5 Å². The maximum absolute atomic E-state index is 12.3. The third-order valence-corrected chi connectivity index (χ3v) is 5.97. The fourth-order valence-electron chi connectivity index (χ4n) is 4.28. The third-order valence-electron chi connectivity index (χ3n) is 5.97. The SMILES string of the molecule is COC(CCNC(=O)c1ccccc1O)[C@@H]1CCCN(c2ccc3ncnc(N)c3n2)C1. The van der Waals surface area contributed by atoms with Crippen LogP contribution in [0.2, 0.25) is 0 Å². The highest BCUT2D eigenvalue weighted by molar-refractivity contribution is 5.96. The number of phenols is 1. The summed E-state index contributed by atoms with van der Waals surface area (Å²) in [5.41, 5.74) is 7.59. The van der Waals surface area contributed by atoms with E-state index in [9.17, 15) is 9.90 Å². The second-order valence-corrected chi connectivity index (χ2v) is 7.98. The number of aromatic hydroxyl groups is 1. The van der Waals surface area contributed by atoms with Crippen molar-refractivity contribution < 1.29 is 14.6 Å². The van der Waals surface area contributed by atoms with Crippen LogP contribution in [0.4, 0.5) is 11.6 Å². The summed E-state index contributed by atoms with van der Waals surface area (Å²) >= 11 is 0. The van der Waals surface area contributed by atoms with Gasteiger partial charge in [-0.2, -0.15) is 0 Å². The first-order valence-electron chi connectivity index (χ1n) is 10.8. The number of benzene rings is 1. The average Bonchev–Trinajstić information content (AvgIpc) is 2.82. The van der Waals surface area contributed by atoms with Crippen molar-refractivity contribution in [2.75, 3.05) is 37.4 Å². The average molecular weight is 437 g/mol. The monoisotopic (exact) mass is 436 g/mol. The molecule has 1 saturated heterocycles. The lowest BCUT2D eigenvalue weighted by Gasteiger charge is -2.37. The van der Waals surface area contributed by atoms with Crippen LogP contribution in [0.5, 0.6) is 5.75 Å². The number of para-hydroxylation sites is 1. The number of piperidine rings is 1. The van der Waals surface area contributed by atoms with Gasteiger partial charge in [-0.15, -0.1) is 0 Å². The van der Waals surface area contributed by atoms with Crippen molar-refractivity contribution in [3.63, 3.8) is 0 Å². The van der Waals surface area contributed by atoms with Crippen LogP contribution in [-0.4, -0.2) is 58.8 Å². The Morgan fingerprint density at radius 2 is 2.16 bits per heavy atom. The number of nitrogen functional groups attached to an aromatic ring is 1. The number of methoxy groups -OCH3 is 1. The topological polar surface area (TPSA) is 126 Å². The normalized spacial score (nSPS) is 17.3. The number of aromatic nitrogens is 3. The molecule has 2 atom stereocenters. The Hall–Kier alpha value is -3.46. The van der Waals surface area contributed by atoms with Crippen molar-refractivity contribution in [1.82, 2.24) is 20.3 Å². The minimum atomic E-state index is -0.289. The van der Waals surface area contributed by atoms with Crippen molar-refractivity contribution in [3.05, 3.63) is 48.3 Å². The first-order chi connectivity index (χ1) is 15.6. The number of fused-ring (bicyclic) bond motifs is 1. The van der Waals surface area contributed by atoms with Crippen molar-refractivity contribution in [3.8, 4) is 5.75 Å². The van der Waals surface area contributed by atoms with Gasteiger partial charge in [0.1, 0.15) is 23.4 Å². The van der Waals surface area contributed by atoms with E-state index in [-0.39, 0.29) is 23.3 Å². The molecule has 0 spiro atoms. The lowest BCUT2D eigenvalue weighted by atomic mass is 9.90. The van der Waals surface area contributed by atoms with Crippen LogP contribution < -0.4 is 16.0 Å². The molecule has 0 saturated carbocycles. The van der Waals surface area contributed by atoms with Gasteiger partial charge in [-0.1, -0.05) is 12.1 Å². The van der Waals surface area contributed by atoms with Crippen molar-refractivity contribution in [2.24, 2.45) is 5.92 Å². The maximum atomic E-state index is 12.3. The van der Waals surface area contributed by atoms with Gasteiger partial charge in [0, 0.05) is 32.7 Å². The Bertz CT molecular complexity index is 1090. The number of phenolic OH excluding ortho intramolecular Hbond substituents is 1. The molecule has 1 aliphatic rings. The number of carbonyl (C=O) groups is 1. The summed E-state index contributed by atoms with van der Waals surface area (Å²) < 4.78 is 5.79. The molecule has 0 bridgehead atoms. The lowest BCUT2D eigenvalue weighted by molar-refractivity contribution is 0.0394. The molecule has 9 heteroatoms. The smallest absolute Gasteiger partial charge is 0.255 e. The predicted octanol–water partition coefficient (Wildman–Crippen LogP) is 2.36. The fraction of sp³-hybridized carbons (Fsp3) is 0.391. The van der Waals surface area contributed by atoms with E-state index in [0.717, 1.165) is 37.3 Å². The fourth-order valence-corrected chi connectivity index (χ4v) is 4.28. The Kier molecular flexibility index (Phi) is 6.65. The highest BCUT2D eigenvalue weighted by Gasteiger charge is 2.28. The number of nitrogens with two attached hydrogens (primary N) is 1. The number of hydrogen-bond acceptors (Lipinski definition) is 8. The largest absolute Gasteiger partial charge is 0.507 e. The molecular weight excluding hydrogens is 408 g/mol. The van der Waals surface area contributed by atoms with Crippen LogP contribution in [0.1, 0.15) is 29.6 Å². The minimum Gasteiger partial charge on any atom is -0.507 e. The van der Waals surface area contributed by atoms with E-state index in [1.54, 1.807) is 25.3 Å². The zero-order valence-corrected chi connectivity index (χ0v) is 18.1. The predicted molar refractivity (Wildman–Crippen MR) is 123 cm³/mol. The molecule has 1 fully saturated rings. The lowest BCUT2D eigenvalue weighted by Crippen LogP contribution is -2.42. The number of anilines is 2. The molecule has 1 aromatic carbocycles. The number of carbonyl (C=O) groups excluding carboxylic acids is 1. The van der Waals surface area contributed by atoms with Crippen LogP contribution in [-0.2, 0) is 4.74 Å². The Labute approximate surface area is 186 Å². The molecule has 4 rings (SSSR count). The van der Waals surface area contributed by atoms with Gasteiger partial charge in [0.2, 0.25) is 0 Å². The van der Waals surface area contributed by atoms with Gasteiger partial charge >= 0.3 is 0 Å². The van der Waals surface area contributed by atoms with Gasteiger partial charge < -0.3 is 25.8 Å². The van der Waals surface area contributed by atoms with Crippen LogP contribution in [0.25, 0.3) is 11.0 Å². The van der Waals surface area contributed by atoms with E-state index in [2.05, 4.69) is 20.2 Å². The van der Waals surface area contributed by atoms with Crippen LogP contribution in [0.3, 0.4) is 0 Å². The van der Waals surface area contributed by atoms with Crippen LogP contribution in [0.15, 0.2) is 42.7 Å². The van der Waals surface area contributed by atoms with Crippen molar-refractivity contribution >= 4 is 28.6 Å². The molecule has 2 aromatic heterocycles. The second-order valence-electron chi connectivity index (χ2n) is 7.98. The molecule has 4 N–H and O–H groups in total. The summed E-state index contributed by atoms with van der Waals surface area (Å²) in [6.07, 6.45) is 4.18. The number of amides is 1. The van der Waals surface area contributed by atoms with E-state index in [0.29, 0.717) is 30.2 Å². The highest BCUT2D eigenvalue weighted by Crippen LogP contribution is 2.28. The number of nitrogens with one attached hydrogen (secondary N) is 1. The molecular formula is C23H28N6O3. The van der Waals surface area contributed by atoms with Crippen molar-refractivity contribution in [1.29, 1.82) is 0 Å². The molecule has 1 aliphatic heterocycles. The summed E-state index contributed by atoms with van der Waals surface area (Å²) in [6.45, 7) is 2.17. The van der Waals surface area contributed by atoms with Gasteiger partial charge in [-0.25, -0.2) is 15.0 Å². The number of rotatable bonds is 7. The molecule has 168 valence electrons. The van der Waals surface area contributed by atoms with Gasteiger partial charge in [0.05, 0.1) is 17.2 Å². The summed E-state index contributed by atoms with van der Waals surface area (Å²) in [6, 6.07) is 10.4. The Balaban J connectivity index is 1.38. The Morgan fingerprint density at radius 1 is 1.31 bits per heavy atom. The standard InChI is InChI=1S/C23H28N6O3/c1-32-19(10-11-25-23(31)16-6-2-3-7-18(16)30)15-5-4-12-29(13-15)20-9-8-17-21(28-20)22(24)27-14-26-17/h2-3,6-9,14-15,19,30H,4-5,10-13H2,1H3,(H,25,31)(H2,24,26,27)/t15-,19?/m1/s1. The first kappa shape index (κ1) is 21.8. The maximum Gasteiger partial charge on any atom is 0.255 e. The summed E-state index contributed by atoms with van der Waals surface area (Å²) in [5, 5.41) is 12.7. The van der Waals surface area contributed by atoms with Gasteiger partial charge in [0.15, 0.2) is 5.82 Å². The quantitative estimate of drug-likeness (QED) is 0.515. The van der Waals surface area contributed by atoms with E-state index < -0.39 is 0 Å². The van der Waals surface area contributed by atoms with Gasteiger partial charge in [0.25, 0.3) is 5.91 Å². The first-order valence-corrected chi connectivity index (χ1v) is 10.8. The minimum absolute atomic E-state index is 0.00340. The number of pyridine rings is 1. The number of hydrogen-bond donors (Lipinski definition) is 3. The molecule has 3 heterocycles. The van der Waals surface area contributed by atoms with Gasteiger partial charge in [-0.3, -0.25) is 4.79 Å². The summed E-state index contributed by atoms with van der Waals surface area (Å²) in [5.74, 6) is 1.22.